The zero-order chi connectivity index (χ0) is 14.0. The molecular weight excluding hydrogens is 306 g/mol. The molecule has 0 aliphatic rings. The molecule has 102 valence electrons. The van der Waals surface area contributed by atoms with Gasteiger partial charge in [0, 0.05) is 11.5 Å². The summed E-state index contributed by atoms with van der Waals surface area (Å²) in [6.45, 7) is 4.41. The number of benzene rings is 1. The minimum absolute atomic E-state index is 0.455. The van der Waals surface area contributed by atoms with Crippen molar-refractivity contribution in [3.05, 3.63) is 51.9 Å². The van der Waals surface area contributed by atoms with E-state index in [0.29, 0.717) is 6.54 Å². The highest BCUT2D eigenvalue weighted by molar-refractivity contribution is 9.10. The average Bonchev–Trinajstić information content (AvgIpc) is 2.74. The third-order valence-electron chi connectivity index (χ3n) is 3.05. The van der Waals surface area contributed by atoms with Crippen molar-refractivity contribution >= 4 is 21.6 Å². The first-order valence-electron chi connectivity index (χ1n) is 6.21. The fourth-order valence-corrected chi connectivity index (χ4v) is 2.68. The number of hydrogen-bond donors (Lipinski definition) is 1. The van der Waals surface area contributed by atoms with Gasteiger partial charge in [0.25, 0.3) is 0 Å². The lowest BCUT2D eigenvalue weighted by atomic mass is 10.1. The van der Waals surface area contributed by atoms with Gasteiger partial charge in [-0.1, -0.05) is 6.07 Å². The molecule has 1 heterocycles. The summed E-state index contributed by atoms with van der Waals surface area (Å²) in [6, 6.07) is 9.85. The summed E-state index contributed by atoms with van der Waals surface area (Å²) in [5.74, 6) is 1.86. The molecule has 1 aromatic carbocycles. The van der Waals surface area contributed by atoms with Gasteiger partial charge < -0.3 is 14.4 Å². The van der Waals surface area contributed by atoms with Crippen LogP contribution in [0.1, 0.15) is 30.1 Å². The Hall–Kier alpha value is -1.26. The highest BCUT2D eigenvalue weighted by Gasteiger charge is 2.10. The quantitative estimate of drug-likeness (QED) is 0.922. The lowest BCUT2D eigenvalue weighted by Gasteiger charge is -2.20. The number of furan rings is 1. The molecule has 0 bridgehead atoms. The summed E-state index contributed by atoms with van der Waals surface area (Å²) in [4.78, 5) is 2.11. The molecule has 0 aliphatic heterocycles. The van der Waals surface area contributed by atoms with Gasteiger partial charge in [-0.2, -0.15) is 0 Å². The number of hydrogen-bond acceptors (Lipinski definition) is 3. The monoisotopic (exact) mass is 323 g/mol. The zero-order valence-corrected chi connectivity index (χ0v) is 12.9. The first-order valence-corrected chi connectivity index (χ1v) is 7.00. The Morgan fingerprint density at radius 3 is 2.58 bits per heavy atom. The number of aryl methyl sites for hydroxylation is 1. The Morgan fingerprint density at radius 1 is 1.32 bits per heavy atom. The smallest absolute Gasteiger partial charge is 0.123 e. The van der Waals surface area contributed by atoms with E-state index in [1.165, 1.54) is 0 Å². The van der Waals surface area contributed by atoms with Crippen LogP contribution in [0.2, 0.25) is 0 Å². The van der Waals surface area contributed by atoms with E-state index in [9.17, 15) is 5.11 Å². The standard InChI is InChI=1S/C15H18BrNO2/c1-10-4-6-13(19-10)9-17(3)15-7-5-12(11(2)18)8-14(15)16/h4-8,11,18H,9H2,1-3H3/t11-/m0/s1. The van der Waals surface area contributed by atoms with Crippen molar-refractivity contribution in [2.75, 3.05) is 11.9 Å². The van der Waals surface area contributed by atoms with E-state index in [4.69, 9.17) is 4.42 Å². The first-order chi connectivity index (χ1) is 8.97. The van der Waals surface area contributed by atoms with Crippen molar-refractivity contribution in [3.63, 3.8) is 0 Å². The Labute approximate surface area is 122 Å². The molecular formula is C15H18BrNO2. The highest BCUT2D eigenvalue weighted by atomic mass is 79.9. The van der Waals surface area contributed by atoms with E-state index in [2.05, 4.69) is 20.8 Å². The van der Waals surface area contributed by atoms with E-state index in [-0.39, 0.29) is 0 Å². The normalized spacial score (nSPS) is 12.5. The third kappa shape index (κ3) is 3.39. The summed E-state index contributed by atoms with van der Waals surface area (Å²) in [5.41, 5.74) is 1.97. The minimum atomic E-state index is -0.455. The lowest BCUT2D eigenvalue weighted by molar-refractivity contribution is 0.199. The summed E-state index contributed by atoms with van der Waals surface area (Å²) >= 11 is 3.55. The molecule has 0 aliphatic carbocycles. The van der Waals surface area contributed by atoms with E-state index in [1.54, 1.807) is 6.92 Å². The molecule has 1 atom stereocenters. The first kappa shape index (κ1) is 14.2. The van der Waals surface area contributed by atoms with Gasteiger partial charge >= 0.3 is 0 Å². The second-order valence-corrected chi connectivity index (χ2v) is 5.61. The van der Waals surface area contributed by atoms with Crippen molar-refractivity contribution in [1.82, 2.24) is 0 Å². The number of aliphatic hydroxyl groups is 1. The number of halogens is 1. The second-order valence-electron chi connectivity index (χ2n) is 4.76. The zero-order valence-electron chi connectivity index (χ0n) is 11.4. The van der Waals surface area contributed by atoms with Crippen LogP contribution in [0, 0.1) is 6.92 Å². The Bertz CT molecular complexity index is 563. The van der Waals surface area contributed by atoms with Crippen molar-refractivity contribution < 1.29 is 9.52 Å². The van der Waals surface area contributed by atoms with Crippen molar-refractivity contribution in [3.8, 4) is 0 Å². The van der Waals surface area contributed by atoms with Crippen LogP contribution in [0.15, 0.2) is 39.2 Å². The topological polar surface area (TPSA) is 36.6 Å². The second kappa shape index (κ2) is 5.80. The van der Waals surface area contributed by atoms with Crippen LogP contribution in [0.25, 0.3) is 0 Å². The van der Waals surface area contributed by atoms with Gasteiger partial charge in [-0.3, -0.25) is 0 Å². The molecule has 0 saturated heterocycles. The summed E-state index contributed by atoms with van der Waals surface area (Å²) in [7, 11) is 2.01. The lowest BCUT2D eigenvalue weighted by Crippen LogP contribution is -2.16. The SMILES string of the molecule is Cc1ccc(CN(C)c2ccc([C@H](C)O)cc2Br)o1. The van der Waals surface area contributed by atoms with Crippen LogP contribution in [0.3, 0.4) is 0 Å². The van der Waals surface area contributed by atoms with Crippen LogP contribution in [-0.2, 0) is 6.54 Å². The van der Waals surface area contributed by atoms with E-state index < -0.39 is 6.10 Å². The number of nitrogens with zero attached hydrogens (tertiary/aromatic N) is 1. The van der Waals surface area contributed by atoms with Gasteiger partial charge in [-0.15, -0.1) is 0 Å². The van der Waals surface area contributed by atoms with E-state index >= 15 is 0 Å². The maximum absolute atomic E-state index is 9.57. The predicted molar refractivity (Wildman–Crippen MR) is 80.3 cm³/mol. The maximum Gasteiger partial charge on any atom is 0.123 e. The van der Waals surface area contributed by atoms with Crippen LogP contribution in [0.5, 0.6) is 0 Å². The molecule has 0 radical (unpaired) electrons. The Morgan fingerprint density at radius 2 is 2.05 bits per heavy atom. The number of aliphatic hydroxyl groups excluding tert-OH is 1. The summed E-state index contributed by atoms with van der Waals surface area (Å²) in [6.07, 6.45) is -0.455. The van der Waals surface area contributed by atoms with Crippen molar-refractivity contribution in [1.29, 1.82) is 0 Å². The fourth-order valence-electron chi connectivity index (χ4n) is 1.98. The molecule has 19 heavy (non-hydrogen) atoms. The highest BCUT2D eigenvalue weighted by Crippen LogP contribution is 2.29. The largest absolute Gasteiger partial charge is 0.464 e. The predicted octanol–water partition coefficient (Wildman–Crippen LogP) is 4.04. The van der Waals surface area contributed by atoms with Crippen LogP contribution >= 0.6 is 15.9 Å². The van der Waals surface area contributed by atoms with Crippen molar-refractivity contribution in [2.45, 2.75) is 26.5 Å². The molecule has 1 aromatic heterocycles. The Balaban J connectivity index is 2.17. The van der Waals surface area contributed by atoms with Gasteiger partial charge in [0.15, 0.2) is 0 Å². The van der Waals surface area contributed by atoms with Crippen LogP contribution < -0.4 is 4.90 Å². The van der Waals surface area contributed by atoms with Gasteiger partial charge in [-0.25, -0.2) is 0 Å². The maximum atomic E-state index is 9.57. The number of rotatable bonds is 4. The van der Waals surface area contributed by atoms with Gasteiger partial charge in [0.1, 0.15) is 11.5 Å². The van der Waals surface area contributed by atoms with E-state index in [1.807, 2.05) is 44.3 Å². The van der Waals surface area contributed by atoms with Crippen LogP contribution in [0.4, 0.5) is 5.69 Å². The fraction of sp³-hybridized carbons (Fsp3) is 0.333. The molecule has 3 nitrogen and oxygen atoms in total. The molecule has 0 spiro atoms. The van der Waals surface area contributed by atoms with E-state index in [0.717, 1.165) is 27.2 Å². The molecule has 0 saturated carbocycles. The molecule has 2 aromatic rings. The molecule has 4 heteroatoms. The summed E-state index contributed by atoms with van der Waals surface area (Å²) < 4.78 is 6.55. The minimum Gasteiger partial charge on any atom is -0.464 e. The summed E-state index contributed by atoms with van der Waals surface area (Å²) in [5, 5.41) is 9.57. The van der Waals surface area contributed by atoms with Gasteiger partial charge in [0.05, 0.1) is 18.3 Å². The molecule has 0 unspecified atom stereocenters. The van der Waals surface area contributed by atoms with Crippen LogP contribution in [-0.4, -0.2) is 12.2 Å². The molecule has 2 rings (SSSR count). The third-order valence-corrected chi connectivity index (χ3v) is 3.69. The molecule has 1 N–H and O–H groups in total. The van der Waals surface area contributed by atoms with Crippen molar-refractivity contribution in [2.24, 2.45) is 0 Å². The number of anilines is 1. The molecule has 0 amide bonds. The van der Waals surface area contributed by atoms with Gasteiger partial charge in [-0.05, 0) is 59.6 Å². The average molecular weight is 324 g/mol. The Kier molecular flexibility index (Phi) is 4.32. The molecule has 0 fully saturated rings. The van der Waals surface area contributed by atoms with Gasteiger partial charge in [0.2, 0.25) is 0 Å².